The number of nitrogens with zero attached hydrogens (tertiary/aromatic N) is 4. The van der Waals surface area contributed by atoms with Gasteiger partial charge in [0.15, 0.2) is 0 Å². The Morgan fingerprint density at radius 3 is 2.60 bits per heavy atom. The fraction of sp³-hybridized carbons (Fsp3) is 0.400. The Morgan fingerprint density at radius 2 is 2.07 bits per heavy atom. The first-order valence-electron chi connectivity index (χ1n) is 4.87. The fourth-order valence-corrected chi connectivity index (χ4v) is 1.55. The van der Waals surface area contributed by atoms with Crippen LogP contribution in [0.4, 0.5) is 5.82 Å². The van der Waals surface area contributed by atoms with E-state index in [1.165, 1.54) is 0 Å². The summed E-state index contributed by atoms with van der Waals surface area (Å²) < 4.78 is 3.64. The molecule has 0 fully saturated rings. The van der Waals surface area contributed by atoms with Crippen LogP contribution in [0, 0.1) is 6.92 Å². The summed E-state index contributed by atoms with van der Waals surface area (Å²) in [6.45, 7) is 2.81. The number of aromatic nitrogens is 4. The Hall–Kier alpha value is -1.78. The molecule has 2 rings (SSSR count). The average Bonchev–Trinajstić information content (AvgIpc) is 2.73. The quantitative estimate of drug-likeness (QED) is 0.815. The van der Waals surface area contributed by atoms with E-state index >= 15 is 0 Å². The summed E-state index contributed by atoms with van der Waals surface area (Å²) in [7, 11) is 3.84. The molecule has 0 amide bonds. The van der Waals surface area contributed by atoms with E-state index in [0.29, 0.717) is 0 Å². The van der Waals surface area contributed by atoms with E-state index in [4.69, 9.17) is 0 Å². The van der Waals surface area contributed by atoms with Gasteiger partial charge in [-0.3, -0.25) is 9.36 Å². The lowest BCUT2D eigenvalue weighted by molar-refractivity contribution is 0.764. The standard InChI is InChI=1S/C10H15N5/c1-8-4-13-15(3)10(8)11-5-9-6-12-14(2)7-9/h4,6-7,11H,5H2,1-3H3. The van der Waals surface area contributed by atoms with Gasteiger partial charge in [-0.2, -0.15) is 10.2 Å². The largest absolute Gasteiger partial charge is 0.366 e. The smallest absolute Gasteiger partial charge is 0.127 e. The predicted octanol–water partition coefficient (Wildman–Crippen LogP) is 1.07. The van der Waals surface area contributed by atoms with E-state index in [2.05, 4.69) is 15.5 Å². The van der Waals surface area contributed by atoms with Gasteiger partial charge in [-0.1, -0.05) is 0 Å². The summed E-state index contributed by atoms with van der Waals surface area (Å²) >= 11 is 0. The van der Waals surface area contributed by atoms with Crippen LogP contribution in [0.2, 0.25) is 0 Å². The second-order valence-electron chi connectivity index (χ2n) is 3.68. The van der Waals surface area contributed by atoms with Crippen molar-refractivity contribution in [3.8, 4) is 0 Å². The minimum atomic E-state index is 0.772. The lowest BCUT2D eigenvalue weighted by Crippen LogP contribution is -2.05. The zero-order chi connectivity index (χ0) is 10.8. The first-order valence-corrected chi connectivity index (χ1v) is 4.87. The maximum absolute atomic E-state index is 4.17. The average molecular weight is 205 g/mol. The molecule has 5 heteroatoms. The van der Waals surface area contributed by atoms with Crippen LogP contribution in [0.25, 0.3) is 0 Å². The van der Waals surface area contributed by atoms with E-state index in [0.717, 1.165) is 23.5 Å². The van der Waals surface area contributed by atoms with E-state index in [1.807, 2.05) is 44.3 Å². The third-order valence-electron chi connectivity index (χ3n) is 2.34. The molecule has 0 radical (unpaired) electrons. The SMILES string of the molecule is Cc1cnn(C)c1NCc1cnn(C)c1. The summed E-state index contributed by atoms with van der Waals surface area (Å²) in [5.41, 5.74) is 2.32. The van der Waals surface area contributed by atoms with Crippen LogP contribution in [0.1, 0.15) is 11.1 Å². The first-order chi connectivity index (χ1) is 7.16. The van der Waals surface area contributed by atoms with Gasteiger partial charge in [0, 0.05) is 38.0 Å². The molecule has 2 aromatic rings. The molecular formula is C10H15N5. The van der Waals surface area contributed by atoms with Gasteiger partial charge >= 0.3 is 0 Å². The van der Waals surface area contributed by atoms with Crippen LogP contribution >= 0.6 is 0 Å². The van der Waals surface area contributed by atoms with Gasteiger partial charge in [-0.05, 0) is 6.92 Å². The second-order valence-corrected chi connectivity index (χ2v) is 3.68. The Morgan fingerprint density at radius 1 is 1.27 bits per heavy atom. The van der Waals surface area contributed by atoms with E-state index in [1.54, 1.807) is 4.68 Å². The number of nitrogens with one attached hydrogen (secondary N) is 1. The molecule has 0 atom stereocenters. The van der Waals surface area contributed by atoms with Crippen LogP contribution in [0.5, 0.6) is 0 Å². The minimum Gasteiger partial charge on any atom is -0.366 e. The molecule has 0 spiro atoms. The third kappa shape index (κ3) is 2.01. The zero-order valence-electron chi connectivity index (χ0n) is 9.23. The zero-order valence-corrected chi connectivity index (χ0v) is 9.23. The van der Waals surface area contributed by atoms with Crippen LogP contribution in [-0.2, 0) is 20.6 Å². The van der Waals surface area contributed by atoms with Crippen molar-refractivity contribution in [1.82, 2.24) is 19.6 Å². The molecule has 0 saturated heterocycles. The summed E-state index contributed by atoms with van der Waals surface area (Å²) in [6, 6.07) is 0. The molecule has 0 bridgehead atoms. The minimum absolute atomic E-state index is 0.772. The van der Waals surface area contributed by atoms with Gasteiger partial charge in [-0.25, -0.2) is 0 Å². The molecule has 0 aromatic carbocycles. The monoisotopic (exact) mass is 205 g/mol. The highest BCUT2D eigenvalue weighted by Gasteiger charge is 2.03. The van der Waals surface area contributed by atoms with Crippen molar-refractivity contribution in [2.45, 2.75) is 13.5 Å². The number of hydrogen-bond donors (Lipinski definition) is 1. The maximum atomic E-state index is 4.17. The van der Waals surface area contributed by atoms with Crippen molar-refractivity contribution < 1.29 is 0 Å². The topological polar surface area (TPSA) is 47.7 Å². The van der Waals surface area contributed by atoms with E-state index < -0.39 is 0 Å². The summed E-state index contributed by atoms with van der Waals surface area (Å²) in [5, 5.41) is 11.6. The van der Waals surface area contributed by atoms with Crippen LogP contribution in [0.15, 0.2) is 18.6 Å². The van der Waals surface area contributed by atoms with Crippen molar-refractivity contribution in [2.24, 2.45) is 14.1 Å². The highest BCUT2D eigenvalue weighted by Crippen LogP contribution is 2.13. The summed E-state index contributed by atoms with van der Waals surface area (Å²) in [4.78, 5) is 0. The first kappa shape index (κ1) is 9.76. The van der Waals surface area contributed by atoms with Gasteiger partial charge in [0.25, 0.3) is 0 Å². The Balaban J connectivity index is 2.05. The number of aryl methyl sites for hydroxylation is 3. The summed E-state index contributed by atoms with van der Waals surface area (Å²) in [6.07, 6.45) is 5.71. The summed E-state index contributed by atoms with van der Waals surface area (Å²) in [5.74, 6) is 1.05. The Kier molecular flexibility index (Phi) is 2.45. The van der Waals surface area contributed by atoms with Crippen molar-refractivity contribution in [3.05, 3.63) is 29.7 Å². The van der Waals surface area contributed by atoms with Crippen LogP contribution in [0.3, 0.4) is 0 Å². The molecule has 15 heavy (non-hydrogen) atoms. The number of anilines is 1. The lowest BCUT2D eigenvalue weighted by Gasteiger charge is -2.05. The normalized spacial score (nSPS) is 10.6. The van der Waals surface area contributed by atoms with Gasteiger partial charge < -0.3 is 5.32 Å². The van der Waals surface area contributed by atoms with Crippen molar-refractivity contribution in [1.29, 1.82) is 0 Å². The van der Waals surface area contributed by atoms with Gasteiger partial charge in [0.1, 0.15) is 5.82 Å². The molecule has 0 aliphatic heterocycles. The van der Waals surface area contributed by atoms with Gasteiger partial charge in [-0.15, -0.1) is 0 Å². The molecular weight excluding hydrogens is 190 g/mol. The molecule has 0 unspecified atom stereocenters. The third-order valence-corrected chi connectivity index (χ3v) is 2.34. The van der Waals surface area contributed by atoms with Crippen LogP contribution in [-0.4, -0.2) is 19.6 Å². The molecule has 2 heterocycles. The van der Waals surface area contributed by atoms with Crippen LogP contribution < -0.4 is 5.32 Å². The number of hydrogen-bond acceptors (Lipinski definition) is 3. The maximum Gasteiger partial charge on any atom is 0.127 e. The second kappa shape index (κ2) is 3.76. The van der Waals surface area contributed by atoms with Gasteiger partial charge in [0.2, 0.25) is 0 Å². The van der Waals surface area contributed by atoms with Crippen molar-refractivity contribution in [3.63, 3.8) is 0 Å². The number of rotatable bonds is 3. The lowest BCUT2D eigenvalue weighted by atomic mass is 10.3. The van der Waals surface area contributed by atoms with Crippen molar-refractivity contribution >= 4 is 5.82 Å². The molecule has 1 N–H and O–H groups in total. The predicted molar refractivity (Wildman–Crippen MR) is 58.5 cm³/mol. The highest BCUT2D eigenvalue weighted by molar-refractivity contribution is 5.43. The Labute approximate surface area is 88.7 Å². The Bertz CT molecular complexity index is 435. The molecule has 0 saturated carbocycles. The molecule has 2 aromatic heterocycles. The highest BCUT2D eigenvalue weighted by atomic mass is 15.3. The van der Waals surface area contributed by atoms with Crippen molar-refractivity contribution in [2.75, 3.05) is 5.32 Å². The fourth-order valence-electron chi connectivity index (χ4n) is 1.55. The molecule has 5 nitrogen and oxygen atoms in total. The van der Waals surface area contributed by atoms with E-state index in [9.17, 15) is 0 Å². The molecule has 0 aliphatic carbocycles. The van der Waals surface area contributed by atoms with E-state index in [-0.39, 0.29) is 0 Å². The molecule has 80 valence electrons. The van der Waals surface area contributed by atoms with Gasteiger partial charge in [0.05, 0.1) is 12.4 Å². The molecule has 0 aliphatic rings.